The predicted octanol–water partition coefficient (Wildman–Crippen LogP) is 9.14. The van der Waals surface area contributed by atoms with Crippen molar-refractivity contribution in [3.63, 3.8) is 0 Å². The van der Waals surface area contributed by atoms with Crippen molar-refractivity contribution in [1.29, 1.82) is 0 Å². The third-order valence-electron chi connectivity index (χ3n) is 6.95. The van der Waals surface area contributed by atoms with Crippen LogP contribution in [0.2, 0.25) is 0 Å². The predicted molar refractivity (Wildman–Crippen MR) is 156 cm³/mol. The minimum atomic E-state index is 0.627. The first-order valence-electron chi connectivity index (χ1n) is 12.5. The molecule has 8 aromatic rings. The second kappa shape index (κ2) is 8.33. The highest BCUT2D eigenvalue weighted by Gasteiger charge is 2.18. The molecule has 0 fully saturated rings. The molecule has 0 amide bonds. The van der Waals surface area contributed by atoms with E-state index < -0.39 is 0 Å². The van der Waals surface area contributed by atoms with Crippen LogP contribution in [0.1, 0.15) is 0 Å². The lowest BCUT2D eigenvalue weighted by atomic mass is 10.1. The van der Waals surface area contributed by atoms with Gasteiger partial charge in [0.25, 0.3) is 0 Å². The zero-order valence-corrected chi connectivity index (χ0v) is 20.9. The lowest BCUT2D eigenvalue weighted by Gasteiger charge is -2.09. The third kappa shape index (κ3) is 3.33. The summed E-state index contributed by atoms with van der Waals surface area (Å²) in [5.41, 5.74) is 4.51. The monoisotopic (exact) mass is 505 g/mol. The van der Waals surface area contributed by atoms with Gasteiger partial charge in [-0.3, -0.25) is 0 Å². The zero-order chi connectivity index (χ0) is 25.1. The molecule has 0 bridgehead atoms. The van der Waals surface area contributed by atoms with E-state index in [-0.39, 0.29) is 0 Å². The van der Waals surface area contributed by atoms with Crippen LogP contribution in [-0.4, -0.2) is 15.0 Å². The average molecular weight is 506 g/mol. The molecule has 0 unspecified atom stereocenters. The lowest BCUT2D eigenvalue weighted by Crippen LogP contribution is -2.00. The minimum Gasteiger partial charge on any atom is -0.456 e. The van der Waals surface area contributed by atoms with E-state index in [2.05, 4.69) is 54.6 Å². The Morgan fingerprint density at radius 1 is 0.474 bits per heavy atom. The van der Waals surface area contributed by atoms with Crippen molar-refractivity contribution in [3.8, 4) is 34.2 Å². The van der Waals surface area contributed by atoms with E-state index >= 15 is 0 Å². The Labute approximate surface area is 221 Å². The fourth-order valence-electron chi connectivity index (χ4n) is 5.17. The van der Waals surface area contributed by atoms with Crippen LogP contribution in [0, 0.1) is 0 Å². The number of hydrogen-bond donors (Lipinski definition) is 0. The van der Waals surface area contributed by atoms with E-state index in [0.29, 0.717) is 17.5 Å². The van der Waals surface area contributed by atoms with Crippen LogP contribution < -0.4 is 0 Å². The fraction of sp³-hybridized carbons (Fsp3) is 0. The third-order valence-corrected chi connectivity index (χ3v) is 8.08. The van der Waals surface area contributed by atoms with Crippen LogP contribution in [0.4, 0.5) is 0 Å². The number of hydrogen-bond acceptors (Lipinski definition) is 5. The van der Waals surface area contributed by atoms with Gasteiger partial charge in [-0.15, -0.1) is 11.3 Å². The Balaban J connectivity index is 1.39. The number of nitrogens with zero attached hydrogens (tertiary/aromatic N) is 3. The van der Waals surface area contributed by atoms with E-state index in [0.717, 1.165) is 38.6 Å². The van der Waals surface area contributed by atoms with E-state index in [1.807, 2.05) is 60.7 Å². The fourth-order valence-corrected chi connectivity index (χ4v) is 6.31. The highest BCUT2D eigenvalue weighted by Crippen LogP contribution is 2.38. The second-order valence-electron chi connectivity index (χ2n) is 9.26. The molecule has 0 atom stereocenters. The molecule has 0 N–H and O–H groups in total. The van der Waals surface area contributed by atoms with Gasteiger partial charge < -0.3 is 4.42 Å². The van der Waals surface area contributed by atoms with Gasteiger partial charge in [0, 0.05) is 47.6 Å². The summed E-state index contributed by atoms with van der Waals surface area (Å²) >= 11 is 1.79. The topological polar surface area (TPSA) is 51.8 Å². The number of furan rings is 1. The Morgan fingerprint density at radius 3 is 2.05 bits per heavy atom. The molecule has 3 aromatic heterocycles. The van der Waals surface area contributed by atoms with Crippen molar-refractivity contribution >= 4 is 53.4 Å². The Hall–Kier alpha value is -4.87. The van der Waals surface area contributed by atoms with E-state index in [1.54, 1.807) is 11.3 Å². The first-order chi connectivity index (χ1) is 18.8. The standard InChI is InChI=1S/C33H19N3OS/c1-2-9-20(10-3-1)31-34-32(21-17-18-23-22-11-5-7-16-28(22)38-29(23)19-21)36-33(35-31)25-13-8-15-27-30(25)24-12-4-6-14-26(24)37-27/h1-19H. The van der Waals surface area contributed by atoms with Crippen molar-refractivity contribution in [2.45, 2.75) is 0 Å². The van der Waals surface area contributed by atoms with Gasteiger partial charge in [-0.25, -0.2) is 15.0 Å². The Bertz CT molecular complexity index is 2140. The molecule has 0 aliphatic rings. The van der Waals surface area contributed by atoms with Crippen molar-refractivity contribution in [2.75, 3.05) is 0 Å². The number of aromatic nitrogens is 3. The molecule has 4 nitrogen and oxygen atoms in total. The molecule has 38 heavy (non-hydrogen) atoms. The Kier molecular flexibility index (Phi) is 4.66. The van der Waals surface area contributed by atoms with Crippen molar-refractivity contribution in [2.24, 2.45) is 0 Å². The summed E-state index contributed by atoms with van der Waals surface area (Å²) in [6.07, 6.45) is 0. The second-order valence-corrected chi connectivity index (χ2v) is 10.3. The van der Waals surface area contributed by atoms with E-state index in [4.69, 9.17) is 19.4 Å². The number of thiophene rings is 1. The van der Waals surface area contributed by atoms with Crippen LogP contribution >= 0.6 is 11.3 Å². The van der Waals surface area contributed by atoms with Gasteiger partial charge in [0.15, 0.2) is 17.5 Å². The van der Waals surface area contributed by atoms with Gasteiger partial charge in [-0.2, -0.15) is 0 Å². The normalized spacial score (nSPS) is 11.7. The summed E-state index contributed by atoms with van der Waals surface area (Å²) in [6.45, 7) is 0. The molecule has 5 aromatic carbocycles. The first-order valence-corrected chi connectivity index (χ1v) is 13.3. The molecule has 178 valence electrons. The first kappa shape index (κ1) is 21.2. The molecule has 0 saturated heterocycles. The van der Waals surface area contributed by atoms with Crippen molar-refractivity contribution in [1.82, 2.24) is 15.0 Å². The number of rotatable bonds is 3. The van der Waals surface area contributed by atoms with Crippen molar-refractivity contribution in [3.05, 3.63) is 115 Å². The highest BCUT2D eigenvalue weighted by atomic mass is 32.1. The van der Waals surface area contributed by atoms with Gasteiger partial charge >= 0.3 is 0 Å². The summed E-state index contributed by atoms with van der Waals surface area (Å²) in [5.74, 6) is 1.92. The minimum absolute atomic E-state index is 0.627. The van der Waals surface area contributed by atoms with Crippen LogP contribution in [0.3, 0.4) is 0 Å². The van der Waals surface area contributed by atoms with Crippen LogP contribution in [-0.2, 0) is 0 Å². The Morgan fingerprint density at radius 2 is 1.16 bits per heavy atom. The molecule has 5 heteroatoms. The summed E-state index contributed by atoms with van der Waals surface area (Å²) in [5, 5.41) is 4.59. The van der Waals surface area contributed by atoms with Gasteiger partial charge in [-0.05, 0) is 24.3 Å². The van der Waals surface area contributed by atoms with Crippen LogP contribution in [0.5, 0.6) is 0 Å². The van der Waals surface area contributed by atoms with Crippen molar-refractivity contribution < 1.29 is 4.42 Å². The lowest BCUT2D eigenvalue weighted by molar-refractivity contribution is 0.669. The molecule has 0 spiro atoms. The zero-order valence-electron chi connectivity index (χ0n) is 20.1. The molecular weight excluding hydrogens is 486 g/mol. The number of benzene rings is 5. The molecule has 8 rings (SSSR count). The number of fused-ring (bicyclic) bond motifs is 6. The molecule has 3 heterocycles. The maximum Gasteiger partial charge on any atom is 0.164 e. The van der Waals surface area contributed by atoms with Crippen LogP contribution in [0.15, 0.2) is 120 Å². The SMILES string of the molecule is c1ccc(-c2nc(-c3ccc4c(c3)sc3ccccc34)nc(-c3cccc4oc5ccccc5c34)n2)cc1. The summed E-state index contributed by atoms with van der Waals surface area (Å²) in [6, 6.07) is 39.2. The molecule has 0 saturated carbocycles. The van der Waals surface area contributed by atoms with Gasteiger partial charge in [0.1, 0.15) is 11.2 Å². The number of para-hydroxylation sites is 1. The summed E-state index contributed by atoms with van der Waals surface area (Å²) in [4.78, 5) is 15.0. The van der Waals surface area contributed by atoms with Gasteiger partial charge in [0.2, 0.25) is 0 Å². The largest absolute Gasteiger partial charge is 0.456 e. The average Bonchev–Trinajstić information content (AvgIpc) is 3.55. The van der Waals surface area contributed by atoms with Crippen LogP contribution in [0.25, 0.3) is 76.3 Å². The maximum absolute atomic E-state index is 6.15. The smallest absolute Gasteiger partial charge is 0.164 e. The maximum atomic E-state index is 6.15. The van der Waals surface area contributed by atoms with Gasteiger partial charge in [0.05, 0.1) is 0 Å². The van der Waals surface area contributed by atoms with E-state index in [9.17, 15) is 0 Å². The molecule has 0 aliphatic carbocycles. The molecular formula is C33H19N3OS. The summed E-state index contributed by atoms with van der Waals surface area (Å²) in [7, 11) is 0. The van der Waals surface area contributed by atoms with E-state index in [1.165, 1.54) is 20.2 Å². The van der Waals surface area contributed by atoms with Gasteiger partial charge in [-0.1, -0.05) is 91.0 Å². The quantitative estimate of drug-likeness (QED) is 0.240. The molecule has 0 radical (unpaired) electrons. The highest BCUT2D eigenvalue weighted by molar-refractivity contribution is 7.25. The molecule has 0 aliphatic heterocycles. The summed E-state index contributed by atoms with van der Waals surface area (Å²) < 4.78 is 8.65.